The monoisotopic (exact) mass is 314 g/mol. The molecule has 0 radical (unpaired) electrons. The Morgan fingerprint density at radius 2 is 1.90 bits per heavy atom. The Balaban J connectivity index is 2.32. The average Bonchev–Trinajstić information content (AvgIpc) is 2.88. The second kappa shape index (κ2) is 6.64. The van der Waals surface area contributed by atoms with Crippen LogP contribution in [0, 0.1) is 0 Å². The molecule has 6 nitrogen and oxygen atoms in total. The lowest BCUT2D eigenvalue weighted by atomic mass is 10.3. The van der Waals surface area contributed by atoms with E-state index in [0.29, 0.717) is 44.2 Å². The van der Waals surface area contributed by atoms with Crippen molar-refractivity contribution in [1.82, 2.24) is 4.31 Å². The van der Waals surface area contributed by atoms with Crippen molar-refractivity contribution in [3.05, 3.63) is 18.2 Å². The van der Waals surface area contributed by atoms with Gasteiger partial charge in [-0.2, -0.15) is 4.31 Å². The molecule has 0 aliphatic carbocycles. The van der Waals surface area contributed by atoms with Crippen molar-refractivity contribution in [2.45, 2.75) is 31.2 Å². The summed E-state index contributed by atoms with van der Waals surface area (Å²) in [5.74, 6) is 1.00. The molecule has 0 saturated carbocycles. The summed E-state index contributed by atoms with van der Waals surface area (Å²) < 4.78 is 37.5. The van der Waals surface area contributed by atoms with Gasteiger partial charge in [0.25, 0.3) is 0 Å². The molecule has 0 spiro atoms. The van der Waals surface area contributed by atoms with E-state index < -0.39 is 10.0 Å². The van der Waals surface area contributed by atoms with E-state index in [1.165, 1.54) is 10.4 Å². The van der Waals surface area contributed by atoms with E-state index in [-0.39, 0.29) is 10.9 Å². The number of benzene rings is 1. The summed E-state index contributed by atoms with van der Waals surface area (Å²) in [7, 11) is -3.53. The zero-order chi connectivity index (χ0) is 15.5. The molecule has 2 rings (SSSR count). The van der Waals surface area contributed by atoms with Crippen LogP contribution in [0.5, 0.6) is 11.5 Å². The summed E-state index contributed by atoms with van der Waals surface area (Å²) in [6.45, 7) is 5.47. The fourth-order valence-corrected chi connectivity index (χ4v) is 3.84. The predicted octanol–water partition coefficient (Wildman–Crippen LogP) is 1.21. The third-order valence-corrected chi connectivity index (χ3v) is 5.20. The van der Waals surface area contributed by atoms with Gasteiger partial charge < -0.3 is 15.2 Å². The number of hydrogen-bond acceptors (Lipinski definition) is 5. The summed E-state index contributed by atoms with van der Waals surface area (Å²) >= 11 is 0. The molecule has 1 saturated heterocycles. The molecular weight excluding hydrogens is 292 g/mol. The molecule has 1 atom stereocenters. The van der Waals surface area contributed by atoms with Crippen LogP contribution in [0.25, 0.3) is 0 Å². The first-order valence-corrected chi connectivity index (χ1v) is 8.58. The molecule has 0 amide bonds. The first-order chi connectivity index (χ1) is 9.98. The Hall–Kier alpha value is -1.31. The van der Waals surface area contributed by atoms with E-state index in [1.807, 2.05) is 13.8 Å². The Morgan fingerprint density at radius 3 is 2.48 bits per heavy atom. The third kappa shape index (κ3) is 3.48. The largest absolute Gasteiger partial charge is 0.490 e. The zero-order valence-electron chi connectivity index (χ0n) is 12.4. The van der Waals surface area contributed by atoms with Crippen molar-refractivity contribution < 1.29 is 17.9 Å². The van der Waals surface area contributed by atoms with Gasteiger partial charge in [-0.3, -0.25) is 0 Å². The van der Waals surface area contributed by atoms with Crippen LogP contribution in [-0.4, -0.2) is 45.1 Å². The van der Waals surface area contributed by atoms with Crippen LogP contribution in [-0.2, 0) is 10.0 Å². The van der Waals surface area contributed by atoms with Gasteiger partial charge in [-0.25, -0.2) is 8.42 Å². The molecule has 1 aliphatic rings. The van der Waals surface area contributed by atoms with Crippen molar-refractivity contribution in [3.8, 4) is 11.5 Å². The molecule has 0 aromatic heterocycles. The van der Waals surface area contributed by atoms with E-state index >= 15 is 0 Å². The molecule has 21 heavy (non-hydrogen) atoms. The molecule has 7 heteroatoms. The van der Waals surface area contributed by atoms with Crippen LogP contribution in [0.3, 0.4) is 0 Å². The lowest BCUT2D eigenvalue weighted by Crippen LogP contribution is -2.32. The summed E-state index contributed by atoms with van der Waals surface area (Å²) in [5, 5.41) is 0. The van der Waals surface area contributed by atoms with Crippen LogP contribution >= 0.6 is 0 Å². The van der Waals surface area contributed by atoms with Crippen molar-refractivity contribution >= 4 is 10.0 Å². The van der Waals surface area contributed by atoms with Crippen molar-refractivity contribution in [3.63, 3.8) is 0 Å². The smallest absolute Gasteiger partial charge is 0.243 e. The number of nitrogens with zero attached hydrogens (tertiary/aromatic N) is 1. The van der Waals surface area contributed by atoms with Crippen LogP contribution in [0.2, 0.25) is 0 Å². The maximum absolute atomic E-state index is 12.6. The molecule has 1 heterocycles. The predicted molar refractivity (Wildman–Crippen MR) is 80.1 cm³/mol. The van der Waals surface area contributed by atoms with E-state index in [1.54, 1.807) is 12.1 Å². The Labute approximate surface area is 125 Å². The van der Waals surface area contributed by atoms with E-state index in [0.717, 1.165) is 0 Å². The first kappa shape index (κ1) is 16.1. The minimum atomic E-state index is -3.53. The van der Waals surface area contributed by atoms with Crippen LogP contribution < -0.4 is 15.2 Å². The van der Waals surface area contributed by atoms with Crippen molar-refractivity contribution in [2.75, 3.05) is 26.3 Å². The summed E-state index contributed by atoms with van der Waals surface area (Å²) in [6, 6.07) is 4.62. The van der Waals surface area contributed by atoms with Gasteiger partial charge in [0.2, 0.25) is 10.0 Å². The second-order valence-corrected chi connectivity index (χ2v) is 6.82. The molecule has 1 aromatic carbocycles. The minimum absolute atomic E-state index is 0.0890. The number of hydrogen-bond donors (Lipinski definition) is 1. The van der Waals surface area contributed by atoms with Gasteiger partial charge in [0.05, 0.1) is 18.1 Å². The zero-order valence-corrected chi connectivity index (χ0v) is 13.2. The molecule has 0 bridgehead atoms. The van der Waals surface area contributed by atoms with E-state index in [2.05, 4.69) is 0 Å². The molecule has 2 N–H and O–H groups in total. The fourth-order valence-electron chi connectivity index (χ4n) is 2.31. The van der Waals surface area contributed by atoms with Gasteiger partial charge in [-0.15, -0.1) is 0 Å². The SMILES string of the molecule is CCOc1ccc(S(=O)(=O)N2CC[C@@H](N)C2)cc1OCC. The lowest BCUT2D eigenvalue weighted by Gasteiger charge is -2.18. The summed E-state index contributed by atoms with van der Waals surface area (Å²) in [6.07, 6.45) is 0.689. The van der Waals surface area contributed by atoms with Crippen LogP contribution in [0.1, 0.15) is 20.3 Å². The van der Waals surface area contributed by atoms with Gasteiger partial charge in [-0.05, 0) is 32.4 Å². The molecule has 0 unspecified atom stereocenters. The molecular formula is C14H22N2O4S. The standard InChI is InChI=1S/C14H22N2O4S/c1-3-19-13-6-5-12(9-14(13)20-4-2)21(17,18)16-8-7-11(15)10-16/h5-6,9,11H,3-4,7-8,10,15H2,1-2H3/t11-/m1/s1. The van der Waals surface area contributed by atoms with Gasteiger partial charge >= 0.3 is 0 Å². The van der Waals surface area contributed by atoms with Crippen LogP contribution in [0.4, 0.5) is 0 Å². The average molecular weight is 314 g/mol. The second-order valence-electron chi connectivity index (χ2n) is 4.89. The Kier molecular flexibility index (Phi) is 5.08. The fraction of sp³-hybridized carbons (Fsp3) is 0.571. The highest BCUT2D eigenvalue weighted by molar-refractivity contribution is 7.89. The van der Waals surface area contributed by atoms with Crippen molar-refractivity contribution in [2.24, 2.45) is 5.73 Å². The molecule has 1 aromatic rings. The Bertz CT molecular complexity index is 589. The maximum Gasteiger partial charge on any atom is 0.243 e. The van der Waals surface area contributed by atoms with Gasteiger partial charge in [0.15, 0.2) is 11.5 Å². The number of sulfonamides is 1. The van der Waals surface area contributed by atoms with Gasteiger partial charge in [-0.1, -0.05) is 0 Å². The number of ether oxygens (including phenoxy) is 2. The summed E-state index contributed by atoms with van der Waals surface area (Å²) in [5.41, 5.74) is 5.79. The first-order valence-electron chi connectivity index (χ1n) is 7.14. The molecule has 1 aliphatic heterocycles. The third-order valence-electron chi connectivity index (χ3n) is 3.34. The highest BCUT2D eigenvalue weighted by Crippen LogP contribution is 2.32. The van der Waals surface area contributed by atoms with Crippen molar-refractivity contribution in [1.29, 1.82) is 0 Å². The highest BCUT2D eigenvalue weighted by Gasteiger charge is 2.31. The van der Waals surface area contributed by atoms with Gasteiger partial charge in [0, 0.05) is 25.2 Å². The van der Waals surface area contributed by atoms with Gasteiger partial charge in [0.1, 0.15) is 0 Å². The van der Waals surface area contributed by atoms with E-state index in [9.17, 15) is 8.42 Å². The lowest BCUT2D eigenvalue weighted by molar-refractivity contribution is 0.287. The minimum Gasteiger partial charge on any atom is -0.490 e. The molecule has 118 valence electrons. The molecule has 1 fully saturated rings. The summed E-state index contributed by atoms with van der Waals surface area (Å²) in [4.78, 5) is 0.212. The highest BCUT2D eigenvalue weighted by atomic mass is 32.2. The quantitative estimate of drug-likeness (QED) is 0.853. The topological polar surface area (TPSA) is 81.9 Å². The normalized spacial score (nSPS) is 19.7. The Morgan fingerprint density at radius 1 is 1.24 bits per heavy atom. The maximum atomic E-state index is 12.6. The van der Waals surface area contributed by atoms with Crippen LogP contribution in [0.15, 0.2) is 23.1 Å². The number of nitrogens with two attached hydrogens (primary N) is 1. The number of rotatable bonds is 6. The van der Waals surface area contributed by atoms with E-state index in [4.69, 9.17) is 15.2 Å².